The predicted molar refractivity (Wildman–Crippen MR) is 106 cm³/mol. The quantitative estimate of drug-likeness (QED) is 0.715. The van der Waals surface area contributed by atoms with Crippen LogP contribution in [0.2, 0.25) is 0 Å². The first kappa shape index (κ1) is 19.1. The van der Waals surface area contributed by atoms with Crippen LogP contribution in [0, 0.1) is 5.82 Å². The van der Waals surface area contributed by atoms with Crippen molar-refractivity contribution in [3.63, 3.8) is 0 Å². The van der Waals surface area contributed by atoms with Crippen LogP contribution in [0.4, 0.5) is 10.1 Å². The number of aryl methyl sites for hydroxylation is 1. The molecular formula is C22H21FN2O4. The number of nitrogens with one attached hydrogen (secondary N) is 1. The van der Waals surface area contributed by atoms with Crippen LogP contribution < -0.4 is 5.32 Å². The smallest absolute Gasteiger partial charge is 0.291 e. The molecule has 2 amide bonds. The first-order valence-electron chi connectivity index (χ1n) is 9.55. The van der Waals surface area contributed by atoms with E-state index in [1.54, 1.807) is 41.3 Å². The molecule has 1 fully saturated rings. The molecule has 6 nitrogen and oxygen atoms in total. The second-order valence-corrected chi connectivity index (χ2v) is 6.85. The summed E-state index contributed by atoms with van der Waals surface area (Å²) in [5, 5.41) is 3.47. The third-order valence-electron chi connectivity index (χ3n) is 4.93. The van der Waals surface area contributed by atoms with Crippen molar-refractivity contribution in [2.45, 2.75) is 12.8 Å². The number of benzene rings is 2. The summed E-state index contributed by atoms with van der Waals surface area (Å²) in [6.07, 6.45) is 0.354. The van der Waals surface area contributed by atoms with Gasteiger partial charge in [-0.05, 0) is 30.2 Å². The molecule has 0 unspecified atom stereocenters. The number of carbonyl (C=O) groups is 2. The molecule has 1 aliphatic rings. The van der Waals surface area contributed by atoms with E-state index in [-0.39, 0.29) is 36.2 Å². The number of hydrogen-bond acceptors (Lipinski definition) is 4. The summed E-state index contributed by atoms with van der Waals surface area (Å²) in [5.74, 6) is -0.825. The molecule has 150 valence electrons. The Balaban J connectivity index is 1.56. The number of fused-ring (bicyclic) bond motifs is 1. The monoisotopic (exact) mass is 396 g/mol. The Hall–Kier alpha value is -3.19. The van der Waals surface area contributed by atoms with Crippen LogP contribution in [0.5, 0.6) is 0 Å². The van der Waals surface area contributed by atoms with Gasteiger partial charge in [-0.15, -0.1) is 0 Å². The second-order valence-electron chi connectivity index (χ2n) is 6.85. The first-order chi connectivity index (χ1) is 14.1. The summed E-state index contributed by atoms with van der Waals surface area (Å²) in [5.41, 5.74) is 1.36. The summed E-state index contributed by atoms with van der Waals surface area (Å²) in [4.78, 5) is 27.2. The molecule has 0 aliphatic carbocycles. The number of nitrogens with zero attached hydrogens (tertiary/aromatic N) is 1. The average molecular weight is 396 g/mol. The van der Waals surface area contributed by atoms with E-state index in [4.69, 9.17) is 9.15 Å². The maximum absolute atomic E-state index is 13.8. The number of halogens is 1. The van der Waals surface area contributed by atoms with E-state index in [1.165, 1.54) is 6.07 Å². The van der Waals surface area contributed by atoms with Gasteiger partial charge in [0.05, 0.1) is 13.2 Å². The third kappa shape index (κ3) is 4.14. The summed E-state index contributed by atoms with van der Waals surface area (Å²) in [7, 11) is 0. The SMILES string of the molecule is O=C(CCc1ccccc1F)Nc1c(C(=O)N2CCOCC2)oc2ccccc12. The molecule has 1 N–H and O–H groups in total. The molecule has 1 aromatic heterocycles. The predicted octanol–water partition coefficient (Wildman–Crippen LogP) is 3.62. The maximum Gasteiger partial charge on any atom is 0.291 e. The van der Waals surface area contributed by atoms with Gasteiger partial charge in [-0.1, -0.05) is 30.3 Å². The Labute approximate surface area is 167 Å². The topological polar surface area (TPSA) is 71.8 Å². The van der Waals surface area contributed by atoms with Crippen molar-refractivity contribution in [3.05, 3.63) is 65.7 Å². The fourth-order valence-corrected chi connectivity index (χ4v) is 3.38. The standard InChI is InChI=1S/C22H21FN2O4/c23-17-7-3-1-5-15(17)9-10-19(26)24-20-16-6-2-4-8-18(16)29-21(20)22(27)25-11-13-28-14-12-25/h1-8H,9-14H2,(H,24,26). The van der Waals surface area contributed by atoms with Crippen LogP contribution in [0.3, 0.4) is 0 Å². The minimum absolute atomic E-state index is 0.0889. The number of furan rings is 1. The minimum Gasteiger partial charge on any atom is -0.449 e. The lowest BCUT2D eigenvalue weighted by Gasteiger charge is -2.26. The molecule has 1 saturated heterocycles. The normalized spacial score (nSPS) is 14.2. The Kier molecular flexibility index (Phi) is 5.57. The molecule has 2 aromatic carbocycles. The fourth-order valence-electron chi connectivity index (χ4n) is 3.38. The lowest BCUT2D eigenvalue weighted by molar-refractivity contribution is -0.116. The molecule has 0 atom stereocenters. The number of amides is 2. The molecule has 3 aromatic rings. The molecule has 0 saturated carbocycles. The van der Waals surface area contributed by atoms with Crippen LogP contribution in [-0.4, -0.2) is 43.0 Å². The second kappa shape index (κ2) is 8.45. The van der Waals surface area contributed by atoms with E-state index < -0.39 is 0 Å². The van der Waals surface area contributed by atoms with Gasteiger partial charge in [-0.3, -0.25) is 9.59 Å². The number of para-hydroxylation sites is 1. The number of morpholine rings is 1. The van der Waals surface area contributed by atoms with Crippen molar-refractivity contribution in [1.82, 2.24) is 4.90 Å². The first-order valence-corrected chi connectivity index (χ1v) is 9.55. The van der Waals surface area contributed by atoms with E-state index in [1.807, 2.05) is 6.07 Å². The Bertz CT molecular complexity index is 1040. The van der Waals surface area contributed by atoms with E-state index in [0.29, 0.717) is 48.5 Å². The van der Waals surface area contributed by atoms with Gasteiger partial charge in [0.25, 0.3) is 5.91 Å². The average Bonchev–Trinajstić information content (AvgIpc) is 3.11. The molecule has 7 heteroatoms. The number of hydrogen-bond donors (Lipinski definition) is 1. The number of rotatable bonds is 5. The van der Waals surface area contributed by atoms with Gasteiger partial charge >= 0.3 is 0 Å². The van der Waals surface area contributed by atoms with E-state index in [0.717, 1.165) is 0 Å². The molecule has 0 radical (unpaired) electrons. The van der Waals surface area contributed by atoms with Gasteiger partial charge in [-0.2, -0.15) is 0 Å². The van der Waals surface area contributed by atoms with Crippen LogP contribution >= 0.6 is 0 Å². The Morgan fingerprint density at radius 1 is 1.03 bits per heavy atom. The van der Waals surface area contributed by atoms with Gasteiger partial charge in [0.1, 0.15) is 17.1 Å². The van der Waals surface area contributed by atoms with Crippen molar-refractivity contribution in [1.29, 1.82) is 0 Å². The molecule has 1 aliphatic heterocycles. The van der Waals surface area contributed by atoms with Crippen molar-refractivity contribution < 1.29 is 23.1 Å². The highest BCUT2D eigenvalue weighted by molar-refractivity contribution is 6.10. The molecule has 4 rings (SSSR count). The van der Waals surface area contributed by atoms with Gasteiger partial charge in [-0.25, -0.2) is 4.39 Å². The van der Waals surface area contributed by atoms with Crippen molar-refractivity contribution >= 4 is 28.5 Å². The maximum atomic E-state index is 13.8. The lowest BCUT2D eigenvalue weighted by atomic mass is 10.1. The third-order valence-corrected chi connectivity index (χ3v) is 4.93. The molecule has 0 spiro atoms. The van der Waals surface area contributed by atoms with Crippen molar-refractivity contribution in [2.75, 3.05) is 31.6 Å². The van der Waals surface area contributed by atoms with Gasteiger partial charge in [0.15, 0.2) is 0 Å². The number of carbonyl (C=O) groups excluding carboxylic acids is 2. The van der Waals surface area contributed by atoms with Gasteiger partial charge in [0, 0.05) is 24.9 Å². The van der Waals surface area contributed by atoms with Crippen LogP contribution in [0.25, 0.3) is 11.0 Å². The summed E-state index contributed by atoms with van der Waals surface area (Å²) >= 11 is 0. The van der Waals surface area contributed by atoms with Crippen LogP contribution in [0.15, 0.2) is 52.9 Å². The van der Waals surface area contributed by atoms with Crippen molar-refractivity contribution in [2.24, 2.45) is 0 Å². The molecule has 2 heterocycles. The highest BCUT2D eigenvalue weighted by Gasteiger charge is 2.27. The summed E-state index contributed by atoms with van der Waals surface area (Å²) in [6.45, 7) is 1.87. The van der Waals surface area contributed by atoms with E-state index in [2.05, 4.69) is 5.32 Å². The fraction of sp³-hybridized carbons (Fsp3) is 0.273. The van der Waals surface area contributed by atoms with Gasteiger partial charge in [0.2, 0.25) is 11.7 Å². The Morgan fingerprint density at radius 3 is 2.55 bits per heavy atom. The summed E-state index contributed by atoms with van der Waals surface area (Å²) < 4.78 is 24.9. The number of ether oxygens (including phenoxy) is 1. The molecule has 0 bridgehead atoms. The van der Waals surface area contributed by atoms with Crippen molar-refractivity contribution in [3.8, 4) is 0 Å². The number of anilines is 1. The zero-order chi connectivity index (χ0) is 20.2. The Morgan fingerprint density at radius 2 is 1.76 bits per heavy atom. The highest BCUT2D eigenvalue weighted by atomic mass is 19.1. The minimum atomic E-state index is -0.336. The van der Waals surface area contributed by atoms with Gasteiger partial charge < -0.3 is 19.4 Å². The highest BCUT2D eigenvalue weighted by Crippen LogP contribution is 2.32. The summed E-state index contributed by atoms with van der Waals surface area (Å²) in [6, 6.07) is 13.5. The van der Waals surface area contributed by atoms with Crippen LogP contribution in [0.1, 0.15) is 22.5 Å². The molecular weight excluding hydrogens is 375 g/mol. The van der Waals surface area contributed by atoms with E-state index in [9.17, 15) is 14.0 Å². The zero-order valence-corrected chi connectivity index (χ0v) is 15.8. The lowest BCUT2D eigenvalue weighted by Crippen LogP contribution is -2.40. The zero-order valence-electron chi connectivity index (χ0n) is 15.8. The largest absolute Gasteiger partial charge is 0.449 e. The van der Waals surface area contributed by atoms with E-state index >= 15 is 0 Å². The molecule has 29 heavy (non-hydrogen) atoms. The van der Waals surface area contributed by atoms with Crippen LogP contribution in [-0.2, 0) is 16.0 Å².